The van der Waals surface area contributed by atoms with Crippen molar-refractivity contribution in [3.8, 4) is 5.75 Å². The molecule has 4 aliphatic rings. The SMILES string of the molecule is O=C1CC[C@@H](N2Cc3c(ccc(O[C@H]4CCCC[C@H]4N4CC(c5ccccc5)C4)c3F)C2=O)C(=O)N1. The highest BCUT2D eigenvalue weighted by Crippen LogP contribution is 2.38. The molecule has 0 aromatic heterocycles. The Bertz CT molecular complexity index is 1200. The average Bonchev–Trinajstić information content (AvgIpc) is 3.18. The molecule has 3 atom stereocenters. The fourth-order valence-electron chi connectivity index (χ4n) is 6.19. The number of amides is 3. The van der Waals surface area contributed by atoms with Crippen molar-refractivity contribution < 1.29 is 23.5 Å². The third-order valence-electron chi connectivity index (χ3n) is 8.21. The first-order valence-electron chi connectivity index (χ1n) is 12.9. The summed E-state index contributed by atoms with van der Waals surface area (Å²) in [6.07, 6.45) is 4.39. The summed E-state index contributed by atoms with van der Waals surface area (Å²) in [6.45, 7) is 1.97. The molecule has 3 aliphatic heterocycles. The topological polar surface area (TPSA) is 79.0 Å². The smallest absolute Gasteiger partial charge is 0.255 e. The van der Waals surface area contributed by atoms with Crippen molar-refractivity contribution in [1.29, 1.82) is 0 Å². The second-order valence-corrected chi connectivity index (χ2v) is 10.4. The fourth-order valence-corrected chi connectivity index (χ4v) is 6.19. The predicted octanol–water partition coefficient (Wildman–Crippen LogP) is 3.38. The Balaban J connectivity index is 1.16. The lowest BCUT2D eigenvalue weighted by Crippen LogP contribution is -2.57. The molecule has 2 aromatic carbocycles. The molecule has 0 radical (unpaired) electrons. The minimum absolute atomic E-state index is 0.00243. The van der Waals surface area contributed by atoms with Crippen LogP contribution in [0, 0.1) is 5.82 Å². The van der Waals surface area contributed by atoms with Crippen molar-refractivity contribution >= 4 is 17.7 Å². The van der Waals surface area contributed by atoms with Gasteiger partial charge in [0.1, 0.15) is 12.1 Å². The summed E-state index contributed by atoms with van der Waals surface area (Å²) in [6, 6.07) is 13.2. The van der Waals surface area contributed by atoms with E-state index in [2.05, 4.69) is 34.5 Å². The van der Waals surface area contributed by atoms with Gasteiger partial charge in [-0.05, 0) is 43.4 Å². The number of ether oxygens (including phenoxy) is 1. The van der Waals surface area contributed by atoms with Gasteiger partial charge in [-0.2, -0.15) is 0 Å². The van der Waals surface area contributed by atoms with Gasteiger partial charge in [-0.1, -0.05) is 36.8 Å². The summed E-state index contributed by atoms with van der Waals surface area (Å²) < 4.78 is 21.9. The third-order valence-corrected chi connectivity index (χ3v) is 8.21. The monoisotopic (exact) mass is 491 g/mol. The Morgan fingerprint density at radius 2 is 1.72 bits per heavy atom. The fraction of sp³-hybridized carbons (Fsp3) is 0.464. The van der Waals surface area contributed by atoms with Crippen LogP contribution in [0.5, 0.6) is 5.75 Å². The standard InChI is InChI=1S/C28H30FN3O4/c29-26-20-16-32(22-11-13-25(33)30-27(22)34)28(35)19(20)10-12-24(26)36-23-9-5-4-8-21(23)31-14-18(15-31)17-6-2-1-3-7-17/h1-3,6-7,10,12,18,21-23H,4-5,8-9,11,13-16H2,(H,30,33,34)/t21-,22-,23+/m1/s1. The second-order valence-electron chi connectivity index (χ2n) is 10.4. The quantitative estimate of drug-likeness (QED) is 0.649. The molecule has 3 amide bonds. The Morgan fingerprint density at radius 1 is 0.944 bits per heavy atom. The van der Waals surface area contributed by atoms with Gasteiger partial charge in [0.2, 0.25) is 11.8 Å². The molecule has 1 N–H and O–H groups in total. The molecule has 8 heteroatoms. The molecule has 36 heavy (non-hydrogen) atoms. The van der Waals surface area contributed by atoms with Crippen LogP contribution in [0.2, 0.25) is 0 Å². The van der Waals surface area contributed by atoms with Gasteiger partial charge in [0.05, 0.1) is 6.54 Å². The van der Waals surface area contributed by atoms with Crippen LogP contribution in [0.3, 0.4) is 0 Å². The molecule has 0 bridgehead atoms. The number of nitrogens with one attached hydrogen (secondary N) is 1. The first kappa shape index (κ1) is 23.2. The molecule has 6 rings (SSSR count). The molecule has 188 valence electrons. The Labute approximate surface area is 209 Å². The van der Waals surface area contributed by atoms with Crippen LogP contribution < -0.4 is 10.1 Å². The Kier molecular flexibility index (Phi) is 5.99. The molecule has 2 aromatic rings. The maximum atomic E-state index is 15.6. The number of hydrogen-bond donors (Lipinski definition) is 1. The van der Waals surface area contributed by atoms with E-state index in [0.29, 0.717) is 5.92 Å². The van der Waals surface area contributed by atoms with Crippen molar-refractivity contribution in [2.75, 3.05) is 13.1 Å². The number of fused-ring (bicyclic) bond motifs is 1. The molecule has 1 saturated carbocycles. The van der Waals surface area contributed by atoms with E-state index in [1.54, 1.807) is 12.1 Å². The highest BCUT2D eigenvalue weighted by atomic mass is 19.1. The van der Waals surface area contributed by atoms with Crippen molar-refractivity contribution in [2.45, 2.75) is 69.2 Å². The number of halogens is 1. The van der Waals surface area contributed by atoms with Crippen LogP contribution in [0.15, 0.2) is 42.5 Å². The van der Waals surface area contributed by atoms with Crippen LogP contribution in [0.4, 0.5) is 4.39 Å². The summed E-state index contributed by atoms with van der Waals surface area (Å²) >= 11 is 0. The lowest BCUT2D eigenvalue weighted by molar-refractivity contribution is -0.136. The average molecular weight is 492 g/mol. The molecule has 0 spiro atoms. The van der Waals surface area contributed by atoms with E-state index in [-0.39, 0.29) is 60.2 Å². The van der Waals surface area contributed by atoms with Gasteiger partial charge in [-0.25, -0.2) is 4.39 Å². The third kappa shape index (κ3) is 4.07. The lowest BCUT2D eigenvalue weighted by atomic mass is 9.84. The largest absolute Gasteiger partial charge is 0.486 e. The number of nitrogens with zero attached hydrogens (tertiary/aromatic N) is 2. The zero-order valence-electron chi connectivity index (χ0n) is 20.1. The van der Waals surface area contributed by atoms with E-state index in [4.69, 9.17) is 4.74 Å². The van der Waals surface area contributed by atoms with Gasteiger partial charge in [0, 0.05) is 42.6 Å². The van der Waals surface area contributed by atoms with E-state index in [1.807, 2.05) is 6.07 Å². The van der Waals surface area contributed by atoms with Crippen LogP contribution >= 0.6 is 0 Å². The zero-order valence-corrected chi connectivity index (χ0v) is 20.1. The van der Waals surface area contributed by atoms with Crippen LogP contribution in [-0.2, 0) is 16.1 Å². The van der Waals surface area contributed by atoms with E-state index >= 15 is 4.39 Å². The van der Waals surface area contributed by atoms with E-state index in [9.17, 15) is 14.4 Å². The van der Waals surface area contributed by atoms with E-state index in [1.165, 1.54) is 10.5 Å². The van der Waals surface area contributed by atoms with E-state index < -0.39 is 17.8 Å². The minimum Gasteiger partial charge on any atom is -0.486 e. The van der Waals surface area contributed by atoms with Crippen molar-refractivity contribution in [2.24, 2.45) is 0 Å². The normalized spacial score (nSPS) is 27.0. The predicted molar refractivity (Wildman–Crippen MR) is 130 cm³/mol. The van der Waals surface area contributed by atoms with Gasteiger partial charge in [-0.15, -0.1) is 0 Å². The summed E-state index contributed by atoms with van der Waals surface area (Å²) in [5, 5.41) is 2.28. The number of benzene rings is 2. The number of carbonyl (C=O) groups is 3. The minimum atomic E-state index is -0.766. The maximum Gasteiger partial charge on any atom is 0.255 e. The van der Waals surface area contributed by atoms with E-state index in [0.717, 1.165) is 38.8 Å². The van der Waals surface area contributed by atoms with Crippen LogP contribution in [-0.4, -0.2) is 58.8 Å². The highest BCUT2D eigenvalue weighted by Gasteiger charge is 2.42. The second kappa shape index (κ2) is 9.32. The van der Waals surface area contributed by atoms with Crippen molar-refractivity contribution in [3.05, 3.63) is 65.0 Å². The summed E-state index contributed by atoms with van der Waals surface area (Å²) in [5.74, 6) is -1.06. The Hall–Kier alpha value is -3.26. The number of likely N-dealkylation sites (tertiary alicyclic amines) is 1. The van der Waals surface area contributed by atoms with Crippen molar-refractivity contribution in [3.63, 3.8) is 0 Å². The van der Waals surface area contributed by atoms with Gasteiger partial charge in [0.15, 0.2) is 11.6 Å². The molecular formula is C28H30FN3O4. The lowest BCUT2D eigenvalue weighted by Gasteiger charge is -2.48. The number of imide groups is 1. The highest BCUT2D eigenvalue weighted by molar-refractivity contribution is 6.05. The van der Waals surface area contributed by atoms with Crippen LogP contribution in [0.1, 0.15) is 65.9 Å². The number of piperidine rings is 1. The molecule has 2 saturated heterocycles. The molecule has 0 unspecified atom stereocenters. The maximum absolute atomic E-state index is 15.6. The number of carbonyl (C=O) groups excluding carboxylic acids is 3. The Morgan fingerprint density at radius 3 is 2.50 bits per heavy atom. The van der Waals surface area contributed by atoms with Crippen molar-refractivity contribution in [1.82, 2.24) is 15.1 Å². The molecule has 3 heterocycles. The first-order chi connectivity index (χ1) is 17.5. The number of rotatable bonds is 5. The zero-order chi connectivity index (χ0) is 24.8. The van der Waals surface area contributed by atoms with Gasteiger partial charge in [-0.3, -0.25) is 24.6 Å². The number of hydrogen-bond acceptors (Lipinski definition) is 5. The van der Waals surface area contributed by atoms with Gasteiger partial charge < -0.3 is 9.64 Å². The molecule has 7 nitrogen and oxygen atoms in total. The first-order valence-corrected chi connectivity index (χ1v) is 12.9. The summed E-state index contributed by atoms with van der Waals surface area (Å²) in [4.78, 5) is 40.6. The van der Waals surface area contributed by atoms with Gasteiger partial charge in [0.25, 0.3) is 5.91 Å². The summed E-state index contributed by atoms with van der Waals surface area (Å²) in [7, 11) is 0. The summed E-state index contributed by atoms with van der Waals surface area (Å²) in [5.41, 5.74) is 1.89. The molecular weight excluding hydrogens is 461 g/mol. The molecule has 3 fully saturated rings. The van der Waals surface area contributed by atoms with Crippen LogP contribution in [0.25, 0.3) is 0 Å². The van der Waals surface area contributed by atoms with Gasteiger partial charge >= 0.3 is 0 Å². The molecule has 1 aliphatic carbocycles.